The molecule has 5 aromatic rings. The number of imidazole rings is 1. The molecule has 0 spiro atoms. The Morgan fingerprint density at radius 1 is 0.957 bits per heavy atom. The van der Waals surface area contributed by atoms with E-state index in [4.69, 9.17) is 0 Å². The Balaban J connectivity index is 0.706. The molecule has 21 heteroatoms. The zero-order chi connectivity index (χ0) is 48.6. The first-order chi connectivity index (χ1) is 33.6. The third kappa shape index (κ3) is 8.20. The summed E-state index contributed by atoms with van der Waals surface area (Å²) in [6.07, 6.45) is 5.35. The van der Waals surface area contributed by atoms with Crippen LogP contribution in [0.1, 0.15) is 71.0 Å². The lowest BCUT2D eigenvalue weighted by Crippen LogP contribution is -2.54. The number of piperazine rings is 1. The number of hydrogen-bond donors (Lipinski definition) is 3. The van der Waals surface area contributed by atoms with Gasteiger partial charge in [0.15, 0.2) is 16.9 Å². The normalized spacial score (nSPS) is 22.6. The molecule has 3 aromatic carbocycles. The SMILES string of the molecule is Cn1nc(N2CCC(=O)NC2=O)c2ccc(C3CCN(CC(=O)N4CCN(c5ccc(-c6cc(F)c7c(c6)C(=O)N(C(C(=O)NC6(C)NC=CS6)c6ncn8c6CCC8)C7)cc5)CC4)CC3(F)F)cc21. The zero-order valence-corrected chi connectivity index (χ0v) is 39.4. The largest absolute Gasteiger partial charge is 0.368 e. The molecule has 6 aliphatic heterocycles. The average Bonchev–Trinajstić information content (AvgIpc) is 4.18. The maximum atomic E-state index is 16.0. The summed E-state index contributed by atoms with van der Waals surface area (Å²) in [5.41, 5.74) is 4.99. The molecule has 2 aromatic heterocycles. The lowest BCUT2D eigenvalue weighted by atomic mass is 9.85. The lowest BCUT2D eigenvalue weighted by molar-refractivity contribution is -0.136. The van der Waals surface area contributed by atoms with E-state index in [1.54, 1.807) is 53.4 Å². The number of anilines is 2. The highest BCUT2D eigenvalue weighted by atomic mass is 32.2. The molecule has 3 atom stereocenters. The minimum atomic E-state index is -3.11. The third-order valence-corrected chi connectivity index (χ3v) is 15.5. The van der Waals surface area contributed by atoms with Gasteiger partial charge in [-0.05, 0) is 91.2 Å². The molecule has 3 fully saturated rings. The number of aryl methyl sites for hydroxylation is 2. The Labute approximate surface area is 405 Å². The number of imide groups is 1. The van der Waals surface area contributed by atoms with Gasteiger partial charge in [0.1, 0.15) is 5.82 Å². The van der Waals surface area contributed by atoms with Crippen molar-refractivity contribution in [3.05, 3.63) is 106 Å². The number of hydrogen-bond acceptors (Lipinski definition) is 11. The number of carbonyl (C=O) groups is 5. The smallest absolute Gasteiger partial charge is 0.329 e. The van der Waals surface area contributed by atoms with Crippen molar-refractivity contribution in [3.8, 4) is 11.1 Å². The topological polar surface area (TPSA) is 173 Å². The fourth-order valence-corrected chi connectivity index (χ4v) is 11.5. The number of thioether (sulfide) groups is 1. The Morgan fingerprint density at radius 3 is 2.50 bits per heavy atom. The number of benzene rings is 3. The first kappa shape index (κ1) is 45.6. The van der Waals surface area contributed by atoms with Crippen molar-refractivity contribution in [3.63, 3.8) is 0 Å². The maximum Gasteiger partial charge on any atom is 0.329 e. The number of rotatable bonds is 10. The fraction of sp³-hybridized carbons (Fsp3) is 0.408. The van der Waals surface area contributed by atoms with Crippen LogP contribution in [0, 0.1) is 5.82 Å². The van der Waals surface area contributed by atoms with Gasteiger partial charge in [0.2, 0.25) is 11.8 Å². The number of halogens is 3. The maximum absolute atomic E-state index is 16.0. The summed E-state index contributed by atoms with van der Waals surface area (Å²) in [7, 11) is 1.68. The standard InChI is InChI=1S/C49H51F3N12O5S/c1-48(54-13-21-70-48)56-45(67)43(42-38-4-3-14-62(38)28-53-42)64-25-35-34(46(64)68)22-31(23-37(35)50)29-5-8-32(9-6-29)60-17-19-61(20-18-60)41(66)26-59-15-11-36(49(51,52)27-59)30-7-10-33-39(24-30)58(2)57-44(33)63-16-12-40(65)55-47(63)69/h5-10,13,21-24,28,36,43,54H,3-4,11-12,14-20,25-27H2,1-2H3,(H,56,67)(H,55,65,69). The molecule has 6 aliphatic rings. The highest BCUT2D eigenvalue weighted by Gasteiger charge is 2.47. The molecule has 8 heterocycles. The van der Waals surface area contributed by atoms with Crippen LogP contribution in [-0.2, 0) is 40.9 Å². The summed E-state index contributed by atoms with van der Waals surface area (Å²) in [5.74, 6) is -5.80. The number of alkyl halides is 2. The Hall–Kier alpha value is -6.87. The van der Waals surface area contributed by atoms with Gasteiger partial charge in [-0.25, -0.2) is 22.9 Å². The molecule has 70 heavy (non-hydrogen) atoms. The zero-order valence-electron chi connectivity index (χ0n) is 38.6. The second kappa shape index (κ2) is 17.5. The van der Waals surface area contributed by atoms with Crippen molar-refractivity contribution in [2.45, 2.75) is 68.6 Å². The van der Waals surface area contributed by atoms with Crippen LogP contribution >= 0.6 is 11.8 Å². The number of piperidine rings is 1. The van der Waals surface area contributed by atoms with Gasteiger partial charge in [0.25, 0.3) is 17.7 Å². The summed E-state index contributed by atoms with van der Waals surface area (Å²) in [5, 5.41) is 15.4. The van der Waals surface area contributed by atoms with Crippen molar-refractivity contribution < 1.29 is 37.1 Å². The summed E-state index contributed by atoms with van der Waals surface area (Å²) in [6.45, 7) is 4.21. The highest BCUT2D eigenvalue weighted by molar-refractivity contribution is 8.03. The molecule has 3 N–H and O–H groups in total. The average molecular weight is 977 g/mol. The molecule has 17 nitrogen and oxygen atoms in total. The van der Waals surface area contributed by atoms with Gasteiger partial charge in [0, 0.05) is 86.8 Å². The van der Waals surface area contributed by atoms with Crippen LogP contribution in [0.3, 0.4) is 0 Å². The molecule has 3 saturated heterocycles. The van der Waals surface area contributed by atoms with Gasteiger partial charge in [-0.1, -0.05) is 30.0 Å². The minimum Gasteiger partial charge on any atom is -0.368 e. The van der Waals surface area contributed by atoms with Gasteiger partial charge in [-0.3, -0.25) is 39.0 Å². The predicted octanol–water partition coefficient (Wildman–Crippen LogP) is 5.04. The molecule has 3 unspecified atom stereocenters. The lowest BCUT2D eigenvalue weighted by Gasteiger charge is -2.40. The first-order valence-corrected chi connectivity index (χ1v) is 24.4. The second-order valence-electron chi connectivity index (χ2n) is 19.0. The number of amides is 6. The Kier molecular flexibility index (Phi) is 11.4. The Morgan fingerprint density at radius 2 is 1.76 bits per heavy atom. The van der Waals surface area contributed by atoms with Crippen LogP contribution in [0.5, 0.6) is 0 Å². The van der Waals surface area contributed by atoms with Crippen LogP contribution in [0.4, 0.5) is 29.5 Å². The molecule has 0 bridgehead atoms. The summed E-state index contributed by atoms with van der Waals surface area (Å²) >= 11 is 1.40. The van der Waals surface area contributed by atoms with E-state index < -0.39 is 53.1 Å². The number of likely N-dealkylation sites (tertiary alicyclic amines) is 1. The molecule has 0 aliphatic carbocycles. The van der Waals surface area contributed by atoms with Gasteiger partial charge in [-0.2, -0.15) is 5.10 Å². The number of urea groups is 1. The number of nitrogens with one attached hydrogen (secondary N) is 3. The van der Waals surface area contributed by atoms with Crippen molar-refractivity contribution in [2.24, 2.45) is 7.05 Å². The molecule has 0 saturated carbocycles. The van der Waals surface area contributed by atoms with E-state index in [0.29, 0.717) is 71.8 Å². The van der Waals surface area contributed by atoms with Gasteiger partial charge < -0.3 is 29.9 Å². The number of fused-ring (bicyclic) bond motifs is 3. The van der Waals surface area contributed by atoms with Crippen molar-refractivity contribution in [2.75, 3.05) is 62.2 Å². The highest BCUT2D eigenvalue weighted by Crippen LogP contribution is 2.43. The number of carbonyl (C=O) groups excluding carboxylic acids is 5. The van der Waals surface area contributed by atoms with E-state index in [1.807, 2.05) is 41.2 Å². The van der Waals surface area contributed by atoms with Crippen molar-refractivity contribution in [1.82, 2.24) is 50.0 Å². The van der Waals surface area contributed by atoms with Crippen LogP contribution < -0.4 is 25.8 Å². The van der Waals surface area contributed by atoms with E-state index in [1.165, 1.54) is 32.5 Å². The molecule has 6 amide bonds. The molecular weight excluding hydrogens is 926 g/mol. The molecule has 364 valence electrons. The Bertz CT molecular complexity index is 3000. The number of aromatic nitrogens is 4. The summed E-state index contributed by atoms with van der Waals surface area (Å²) < 4.78 is 51.5. The van der Waals surface area contributed by atoms with E-state index in [2.05, 4.69) is 30.9 Å². The molecular formula is C49H51F3N12O5S. The third-order valence-electron chi connectivity index (χ3n) is 14.5. The number of nitrogens with zero attached hydrogens (tertiary/aromatic N) is 9. The molecule has 0 radical (unpaired) electrons. The van der Waals surface area contributed by atoms with E-state index in [0.717, 1.165) is 30.8 Å². The van der Waals surface area contributed by atoms with Crippen molar-refractivity contribution in [1.29, 1.82) is 0 Å². The van der Waals surface area contributed by atoms with Crippen LogP contribution in [0.25, 0.3) is 22.0 Å². The first-order valence-electron chi connectivity index (χ1n) is 23.5. The fourth-order valence-electron chi connectivity index (χ4n) is 10.8. The monoisotopic (exact) mass is 976 g/mol. The summed E-state index contributed by atoms with van der Waals surface area (Å²) in [4.78, 5) is 78.1. The van der Waals surface area contributed by atoms with Crippen LogP contribution in [-0.4, -0.2) is 127 Å². The summed E-state index contributed by atoms with van der Waals surface area (Å²) in [6, 6.07) is 14.1. The minimum absolute atomic E-state index is 0.0827. The van der Waals surface area contributed by atoms with E-state index in [9.17, 15) is 24.0 Å². The van der Waals surface area contributed by atoms with Crippen LogP contribution in [0.15, 0.2) is 72.5 Å². The van der Waals surface area contributed by atoms with Crippen LogP contribution in [0.2, 0.25) is 0 Å². The van der Waals surface area contributed by atoms with E-state index >= 15 is 13.2 Å². The van der Waals surface area contributed by atoms with Gasteiger partial charge >= 0.3 is 6.03 Å². The molecule has 11 rings (SSSR count). The van der Waals surface area contributed by atoms with Gasteiger partial charge in [0.05, 0.1) is 43.1 Å². The van der Waals surface area contributed by atoms with Gasteiger partial charge in [-0.15, -0.1) is 0 Å². The van der Waals surface area contributed by atoms with Crippen molar-refractivity contribution >= 4 is 63.8 Å². The second-order valence-corrected chi connectivity index (χ2v) is 20.3. The predicted molar refractivity (Wildman–Crippen MR) is 255 cm³/mol. The quantitative estimate of drug-likeness (QED) is 0.171. The van der Waals surface area contributed by atoms with E-state index in [-0.39, 0.29) is 55.4 Å².